The van der Waals surface area contributed by atoms with E-state index >= 15 is 0 Å². The lowest BCUT2D eigenvalue weighted by atomic mass is 9.93. The molecule has 0 heterocycles. The molecule has 0 aliphatic heterocycles. The summed E-state index contributed by atoms with van der Waals surface area (Å²) in [5.41, 5.74) is 11.5. The molecule has 1 amide bonds. The van der Waals surface area contributed by atoms with Gasteiger partial charge < -0.3 is 16.2 Å². The van der Waals surface area contributed by atoms with Gasteiger partial charge in [-0.3, -0.25) is 4.79 Å². The second-order valence-corrected chi connectivity index (χ2v) is 11.3. The number of anilines is 1. The SMILES string of the molecule is CC(C)Cc1cc(-c2ccc(CCNC[C@H](O)c3ccc(N)cc3)cc2)ccc1C(=O)NS(C)(=O)=O.Cl.Cl. The van der Waals surface area contributed by atoms with Crippen LogP contribution in [0.2, 0.25) is 0 Å². The number of nitrogen functional groups attached to an aromatic ring is 1. The Morgan fingerprint density at radius 3 is 2.13 bits per heavy atom. The van der Waals surface area contributed by atoms with Gasteiger partial charge in [-0.2, -0.15) is 0 Å². The van der Waals surface area contributed by atoms with Gasteiger partial charge in [-0.25, -0.2) is 13.1 Å². The fraction of sp³-hybridized carbons (Fsp3) is 0.321. The summed E-state index contributed by atoms with van der Waals surface area (Å²) in [6.07, 6.45) is 1.86. The molecule has 0 aromatic heterocycles. The Kier molecular flexibility index (Phi) is 13.3. The van der Waals surface area contributed by atoms with Crippen molar-refractivity contribution in [2.24, 2.45) is 5.92 Å². The van der Waals surface area contributed by atoms with E-state index in [0.29, 0.717) is 30.1 Å². The van der Waals surface area contributed by atoms with Gasteiger partial charge in [0.1, 0.15) is 0 Å². The summed E-state index contributed by atoms with van der Waals surface area (Å²) in [5, 5.41) is 13.6. The van der Waals surface area contributed by atoms with Crippen molar-refractivity contribution in [2.75, 3.05) is 25.1 Å². The molecule has 208 valence electrons. The third kappa shape index (κ3) is 10.3. The van der Waals surface area contributed by atoms with Crippen molar-refractivity contribution in [1.82, 2.24) is 10.0 Å². The molecule has 10 heteroatoms. The largest absolute Gasteiger partial charge is 0.399 e. The molecule has 3 aromatic rings. The lowest BCUT2D eigenvalue weighted by Crippen LogP contribution is -2.30. The van der Waals surface area contributed by atoms with Gasteiger partial charge in [-0.1, -0.05) is 62.4 Å². The van der Waals surface area contributed by atoms with E-state index < -0.39 is 22.0 Å². The van der Waals surface area contributed by atoms with Crippen LogP contribution in [0.4, 0.5) is 5.69 Å². The fourth-order valence-electron chi connectivity index (χ4n) is 4.00. The normalized spacial score (nSPS) is 11.8. The summed E-state index contributed by atoms with van der Waals surface area (Å²) in [7, 11) is -3.64. The van der Waals surface area contributed by atoms with Gasteiger partial charge in [0.2, 0.25) is 10.0 Å². The van der Waals surface area contributed by atoms with Crippen LogP contribution in [0.15, 0.2) is 66.7 Å². The van der Waals surface area contributed by atoms with Gasteiger partial charge in [-0.05, 0) is 71.3 Å². The van der Waals surface area contributed by atoms with Crippen LogP contribution in [0.3, 0.4) is 0 Å². The first-order valence-corrected chi connectivity index (χ1v) is 13.9. The van der Waals surface area contributed by atoms with Crippen LogP contribution >= 0.6 is 24.8 Å². The first kappa shape index (κ1) is 33.4. The molecule has 5 N–H and O–H groups in total. The van der Waals surface area contributed by atoms with Crippen molar-refractivity contribution in [2.45, 2.75) is 32.8 Å². The topological polar surface area (TPSA) is 122 Å². The molecule has 0 saturated carbocycles. The standard InChI is InChI=1S/C28H35N3O4S.2ClH/c1-19(2)16-24-17-23(10-13-26(24)28(33)31-36(3,34)35)21-6-4-20(5-7-21)14-15-30-18-27(32)22-8-11-25(29)12-9-22;;/h4-13,17,19,27,30,32H,14-16,18,29H2,1-3H3,(H,31,33);2*1H/t27-;;/m0../s1. The molecule has 1 atom stereocenters. The highest BCUT2D eigenvalue weighted by Crippen LogP contribution is 2.25. The minimum atomic E-state index is -3.64. The number of nitrogens with one attached hydrogen (secondary N) is 2. The number of halogens is 2. The van der Waals surface area contributed by atoms with Crippen molar-refractivity contribution in [3.8, 4) is 11.1 Å². The zero-order valence-corrected chi connectivity index (χ0v) is 24.3. The van der Waals surface area contributed by atoms with E-state index in [-0.39, 0.29) is 24.8 Å². The molecule has 0 unspecified atom stereocenters. The van der Waals surface area contributed by atoms with E-state index in [0.717, 1.165) is 41.5 Å². The lowest BCUT2D eigenvalue weighted by Gasteiger charge is -2.14. The molecule has 0 spiro atoms. The Bertz CT molecular complexity index is 1280. The van der Waals surface area contributed by atoms with Crippen molar-refractivity contribution in [3.63, 3.8) is 0 Å². The molecule has 0 aliphatic rings. The monoisotopic (exact) mass is 581 g/mol. The predicted octanol–water partition coefficient (Wildman–Crippen LogP) is 4.53. The number of amides is 1. The number of aliphatic hydroxyl groups excluding tert-OH is 1. The Morgan fingerprint density at radius 2 is 1.55 bits per heavy atom. The Hall–Kier alpha value is -2.62. The van der Waals surface area contributed by atoms with Crippen LogP contribution < -0.4 is 15.8 Å². The molecule has 38 heavy (non-hydrogen) atoms. The summed E-state index contributed by atoms with van der Waals surface area (Å²) in [4.78, 5) is 12.5. The highest BCUT2D eigenvalue weighted by molar-refractivity contribution is 7.89. The Morgan fingerprint density at radius 1 is 0.947 bits per heavy atom. The highest BCUT2D eigenvalue weighted by atomic mass is 35.5. The summed E-state index contributed by atoms with van der Waals surface area (Å²) in [6.45, 7) is 5.30. The first-order chi connectivity index (χ1) is 17.0. The van der Waals surface area contributed by atoms with Crippen LogP contribution in [0, 0.1) is 5.92 Å². The van der Waals surface area contributed by atoms with Gasteiger partial charge in [-0.15, -0.1) is 24.8 Å². The number of carbonyl (C=O) groups is 1. The van der Waals surface area contributed by atoms with E-state index in [9.17, 15) is 18.3 Å². The molecular weight excluding hydrogens is 545 g/mol. The van der Waals surface area contributed by atoms with E-state index in [1.807, 2.05) is 36.4 Å². The van der Waals surface area contributed by atoms with Crippen LogP contribution in [0.25, 0.3) is 11.1 Å². The maximum absolute atomic E-state index is 12.5. The van der Waals surface area contributed by atoms with E-state index in [4.69, 9.17) is 5.73 Å². The molecular formula is C28H37Cl2N3O4S. The minimum Gasteiger partial charge on any atom is -0.399 e. The Labute approximate surface area is 238 Å². The lowest BCUT2D eigenvalue weighted by molar-refractivity contribution is 0.0980. The summed E-state index contributed by atoms with van der Waals surface area (Å²) < 4.78 is 25.1. The second-order valence-electron chi connectivity index (χ2n) is 9.51. The van der Waals surface area contributed by atoms with Crippen LogP contribution in [0.5, 0.6) is 0 Å². The van der Waals surface area contributed by atoms with E-state index in [2.05, 4.69) is 36.0 Å². The number of benzene rings is 3. The number of hydrogen-bond donors (Lipinski definition) is 4. The Balaban J connectivity index is 0.00000361. The number of sulfonamides is 1. The average Bonchev–Trinajstić information content (AvgIpc) is 2.81. The first-order valence-electron chi connectivity index (χ1n) is 12.0. The summed E-state index contributed by atoms with van der Waals surface area (Å²) in [5.74, 6) is -0.303. The molecule has 0 fully saturated rings. The molecule has 3 aromatic carbocycles. The minimum absolute atomic E-state index is 0. The number of hydrogen-bond acceptors (Lipinski definition) is 6. The van der Waals surface area contributed by atoms with Crippen molar-refractivity contribution >= 4 is 46.4 Å². The van der Waals surface area contributed by atoms with Crippen molar-refractivity contribution < 1.29 is 18.3 Å². The molecule has 0 bridgehead atoms. The number of carbonyl (C=O) groups excluding carboxylic acids is 1. The van der Waals surface area contributed by atoms with Gasteiger partial charge in [0.25, 0.3) is 5.91 Å². The number of nitrogens with two attached hydrogens (primary N) is 1. The molecule has 0 radical (unpaired) electrons. The quantitative estimate of drug-likeness (QED) is 0.195. The van der Waals surface area contributed by atoms with Crippen LogP contribution in [-0.4, -0.2) is 38.8 Å². The third-order valence-electron chi connectivity index (χ3n) is 5.79. The van der Waals surface area contributed by atoms with Gasteiger partial charge in [0.15, 0.2) is 0 Å². The fourth-order valence-corrected chi connectivity index (χ4v) is 4.44. The summed E-state index contributed by atoms with van der Waals surface area (Å²) >= 11 is 0. The highest BCUT2D eigenvalue weighted by Gasteiger charge is 2.17. The van der Waals surface area contributed by atoms with Gasteiger partial charge in [0.05, 0.1) is 12.4 Å². The van der Waals surface area contributed by atoms with Crippen LogP contribution in [0.1, 0.15) is 47.0 Å². The third-order valence-corrected chi connectivity index (χ3v) is 6.35. The molecule has 0 saturated heterocycles. The second kappa shape index (κ2) is 15.1. The zero-order valence-electron chi connectivity index (χ0n) is 21.8. The molecule has 3 rings (SSSR count). The summed E-state index contributed by atoms with van der Waals surface area (Å²) in [6, 6.07) is 21.0. The molecule has 0 aliphatic carbocycles. The van der Waals surface area contributed by atoms with Gasteiger partial charge >= 0.3 is 0 Å². The zero-order chi connectivity index (χ0) is 26.3. The molecule has 7 nitrogen and oxygen atoms in total. The maximum atomic E-state index is 12.5. The number of aliphatic hydroxyl groups is 1. The van der Waals surface area contributed by atoms with Crippen molar-refractivity contribution in [3.05, 3.63) is 89.0 Å². The average molecular weight is 583 g/mol. The number of rotatable bonds is 11. The van der Waals surface area contributed by atoms with E-state index in [1.54, 1.807) is 18.2 Å². The maximum Gasteiger partial charge on any atom is 0.264 e. The van der Waals surface area contributed by atoms with Crippen LogP contribution in [-0.2, 0) is 22.9 Å². The van der Waals surface area contributed by atoms with E-state index in [1.165, 1.54) is 5.56 Å². The van der Waals surface area contributed by atoms with Crippen molar-refractivity contribution in [1.29, 1.82) is 0 Å². The van der Waals surface area contributed by atoms with Gasteiger partial charge in [0, 0.05) is 17.8 Å². The predicted molar refractivity (Wildman–Crippen MR) is 160 cm³/mol. The smallest absolute Gasteiger partial charge is 0.264 e.